The van der Waals surface area contributed by atoms with Crippen molar-refractivity contribution in [2.75, 3.05) is 28.6 Å². The molecule has 0 bridgehead atoms. The zero-order valence-electron chi connectivity index (χ0n) is 15.9. The van der Waals surface area contributed by atoms with E-state index in [1.807, 2.05) is 18.2 Å². The normalized spacial score (nSPS) is 10.4. The van der Waals surface area contributed by atoms with Crippen LogP contribution in [0.2, 0.25) is 0 Å². The molecule has 28 heavy (non-hydrogen) atoms. The summed E-state index contributed by atoms with van der Waals surface area (Å²) in [4.78, 5) is 18.7. The van der Waals surface area contributed by atoms with Gasteiger partial charge in [-0.2, -0.15) is 0 Å². The number of amides is 1. The van der Waals surface area contributed by atoms with Crippen LogP contribution >= 0.6 is 0 Å². The number of anilines is 4. The van der Waals surface area contributed by atoms with Gasteiger partial charge in [0.2, 0.25) is 0 Å². The van der Waals surface area contributed by atoms with Crippen LogP contribution < -0.4 is 15.5 Å². The van der Waals surface area contributed by atoms with Crippen molar-refractivity contribution in [2.45, 2.75) is 13.8 Å². The standard InChI is InChI=1S/C22H23FN4O/c1-3-27(4-2)20-12-9-18(10-13-20)25-19-11-14-21(24-15-19)26-22(28)16-5-7-17(23)8-6-16/h5-15,25H,3-4H2,1-2H3,(H,24,26,28). The quantitative estimate of drug-likeness (QED) is 0.603. The summed E-state index contributed by atoms with van der Waals surface area (Å²) < 4.78 is 12.9. The monoisotopic (exact) mass is 378 g/mol. The van der Waals surface area contributed by atoms with Crippen LogP contribution in [0.25, 0.3) is 0 Å². The highest BCUT2D eigenvalue weighted by Crippen LogP contribution is 2.21. The van der Waals surface area contributed by atoms with E-state index >= 15 is 0 Å². The van der Waals surface area contributed by atoms with Crippen LogP contribution in [0.3, 0.4) is 0 Å². The number of hydrogen-bond acceptors (Lipinski definition) is 4. The lowest BCUT2D eigenvalue weighted by Gasteiger charge is -2.21. The maximum Gasteiger partial charge on any atom is 0.256 e. The van der Waals surface area contributed by atoms with Gasteiger partial charge in [0.05, 0.1) is 11.9 Å². The molecule has 0 atom stereocenters. The SMILES string of the molecule is CCN(CC)c1ccc(Nc2ccc(NC(=O)c3ccc(F)cc3)nc2)cc1. The maximum atomic E-state index is 12.9. The number of carbonyl (C=O) groups excluding carboxylic acids is 1. The van der Waals surface area contributed by atoms with Gasteiger partial charge in [-0.3, -0.25) is 4.79 Å². The van der Waals surface area contributed by atoms with Crippen molar-refractivity contribution in [2.24, 2.45) is 0 Å². The van der Waals surface area contributed by atoms with Crippen molar-refractivity contribution in [3.05, 3.63) is 78.2 Å². The second-order valence-corrected chi connectivity index (χ2v) is 6.24. The Hall–Kier alpha value is -3.41. The zero-order chi connectivity index (χ0) is 19.9. The average Bonchev–Trinajstić information content (AvgIpc) is 2.72. The Labute approximate surface area is 164 Å². The van der Waals surface area contributed by atoms with Crippen molar-refractivity contribution >= 4 is 28.8 Å². The molecule has 3 aromatic rings. The van der Waals surface area contributed by atoms with Crippen LogP contribution in [0.15, 0.2) is 66.9 Å². The van der Waals surface area contributed by atoms with E-state index < -0.39 is 0 Å². The lowest BCUT2D eigenvalue weighted by Crippen LogP contribution is -2.21. The molecule has 6 heteroatoms. The smallest absolute Gasteiger partial charge is 0.256 e. The average molecular weight is 378 g/mol. The third-order valence-electron chi connectivity index (χ3n) is 4.40. The first-order valence-corrected chi connectivity index (χ1v) is 9.24. The molecule has 3 rings (SSSR count). The third kappa shape index (κ3) is 4.85. The van der Waals surface area contributed by atoms with Crippen LogP contribution in [0.5, 0.6) is 0 Å². The van der Waals surface area contributed by atoms with E-state index in [-0.39, 0.29) is 11.7 Å². The first kappa shape index (κ1) is 19.4. The number of nitrogens with one attached hydrogen (secondary N) is 2. The summed E-state index contributed by atoms with van der Waals surface area (Å²) in [6.07, 6.45) is 1.65. The molecular formula is C22H23FN4O. The number of nitrogens with zero attached hydrogens (tertiary/aromatic N) is 2. The predicted molar refractivity (Wildman–Crippen MR) is 112 cm³/mol. The number of hydrogen-bond donors (Lipinski definition) is 2. The highest BCUT2D eigenvalue weighted by Gasteiger charge is 2.07. The summed E-state index contributed by atoms with van der Waals surface area (Å²) in [6, 6.07) is 17.1. The minimum absolute atomic E-state index is 0.333. The van der Waals surface area contributed by atoms with Crippen molar-refractivity contribution < 1.29 is 9.18 Å². The van der Waals surface area contributed by atoms with Gasteiger partial charge in [-0.05, 0) is 74.5 Å². The van der Waals surface area contributed by atoms with Gasteiger partial charge in [0.25, 0.3) is 5.91 Å². The second-order valence-electron chi connectivity index (χ2n) is 6.24. The van der Waals surface area contributed by atoms with E-state index in [4.69, 9.17) is 0 Å². The van der Waals surface area contributed by atoms with Crippen molar-refractivity contribution in [1.82, 2.24) is 4.98 Å². The summed E-state index contributed by atoms with van der Waals surface area (Å²) in [5, 5.41) is 5.98. The topological polar surface area (TPSA) is 57.3 Å². The Morgan fingerprint density at radius 2 is 1.57 bits per heavy atom. The molecule has 5 nitrogen and oxygen atoms in total. The molecule has 0 spiro atoms. The number of rotatable bonds is 7. The Morgan fingerprint density at radius 1 is 0.929 bits per heavy atom. The first-order chi connectivity index (χ1) is 13.6. The maximum absolute atomic E-state index is 12.9. The fourth-order valence-electron chi connectivity index (χ4n) is 2.84. The van der Waals surface area contributed by atoms with E-state index in [0.717, 1.165) is 24.5 Å². The van der Waals surface area contributed by atoms with Crippen molar-refractivity contribution in [3.8, 4) is 0 Å². The fraction of sp³-hybridized carbons (Fsp3) is 0.182. The molecule has 144 valence electrons. The molecule has 0 saturated heterocycles. The largest absolute Gasteiger partial charge is 0.372 e. The Balaban J connectivity index is 1.61. The van der Waals surface area contributed by atoms with Crippen LogP contribution in [-0.2, 0) is 0 Å². The van der Waals surface area contributed by atoms with Gasteiger partial charge in [0, 0.05) is 30.0 Å². The van der Waals surface area contributed by atoms with Gasteiger partial charge in [0.1, 0.15) is 11.6 Å². The molecule has 1 heterocycles. The van der Waals surface area contributed by atoms with Gasteiger partial charge in [-0.25, -0.2) is 9.37 Å². The molecule has 0 fully saturated rings. The molecule has 2 aromatic carbocycles. The highest BCUT2D eigenvalue weighted by atomic mass is 19.1. The van der Waals surface area contributed by atoms with E-state index in [2.05, 4.69) is 46.5 Å². The van der Waals surface area contributed by atoms with Crippen LogP contribution in [0, 0.1) is 5.82 Å². The summed E-state index contributed by atoms with van der Waals surface area (Å²) >= 11 is 0. The molecule has 0 radical (unpaired) electrons. The number of pyridine rings is 1. The molecule has 1 aromatic heterocycles. The predicted octanol–water partition coefficient (Wildman–Crippen LogP) is 5.06. The third-order valence-corrected chi connectivity index (χ3v) is 4.40. The van der Waals surface area contributed by atoms with E-state index in [1.54, 1.807) is 12.3 Å². The van der Waals surface area contributed by atoms with Gasteiger partial charge >= 0.3 is 0 Å². The van der Waals surface area contributed by atoms with Crippen molar-refractivity contribution in [1.29, 1.82) is 0 Å². The summed E-state index contributed by atoms with van der Waals surface area (Å²) in [6.45, 7) is 6.21. The molecule has 0 aliphatic carbocycles. The Kier molecular flexibility index (Phi) is 6.22. The fourth-order valence-corrected chi connectivity index (χ4v) is 2.84. The molecule has 0 unspecified atom stereocenters. The first-order valence-electron chi connectivity index (χ1n) is 9.24. The minimum atomic E-state index is -0.379. The zero-order valence-corrected chi connectivity index (χ0v) is 15.9. The molecule has 0 aliphatic heterocycles. The summed E-state index contributed by atoms with van der Waals surface area (Å²) in [5.41, 5.74) is 3.34. The van der Waals surface area contributed by atoms with E-state index in [9.17, 15) is 9.18 Å². The second kappa shape index (κ2) is 8.99. The number of halogens is 1. The molecule has 0 aliphatic rings. The minimum Gasteiger partial charge on any atom is -0.372 e. The van der Waals surface area contributed by atoms with Gasteiger partial charge in [-0.1, -0.05) is 0 Å². The molecule has 0 saturated carbocycles. The van der Waals surface area contributed by atoms with Gasteiger partial charge in [-0.15, -0.1) is 0 Å². The van der Waals surface area contributed by atoms with E-state index in [0.29, 0.717) is 11.4 Å². The van der Waals surface area contributed by atoms with Crippen molar-refractivity contribution in [3.63, 3.8) is 0 Å². The van der Waals surface area contributed by atoms with Gasteiger partial charge < -0.3 is 15.5 Å². The van der Waals surface area contributed by atoms with Crippen LogP contribution in [0.4, 0.5) is 27.3 Å². The lowest BCUT2D eigenvalue weighted by atomic mass is 10.2. The summed E-state index contributed by atoms with van der Waals surface area (Å²) in [7, 11) is 0. The van der Waals surface area contributed by atoms with Crippen LogP contribution in [0.1, 0.15) is 24.2 Å². The highest BCUT2D eigenvalue weighted by molar-refractivity contribution is 6.03. The number of benzene rings is 2. The lowest BCUT2D eigenvalue weighted by molar-refractivity contribution is 0.102. The van der Waals surface area contributed by atoms with Gasteiger partial charge in [0.15, 0.2) is 0 Å². The van der Waals surface area contributed by atoms with E-state index in [1.165, 1.54) is 30.0 Å². The number of carbonyl (C=O) groups is 1. The molecule has 1 amide bonds. The van der Waals surface area contributed by atoms with Crippen LogP contribution in [-0.4, -0.2) is 24.0 Å². The molecule has 2 N–H and O–H groups in total. The Morgan fingerprint density at radius 3 is 2.14 bits per heavy atom. The summed E-state index contributed by atoms with van der Waals surface area (Å²) in [5.74, 6) is -0.285. The Bertz CT molecular complexity index is 905. The number of aromatic nitrogens is 1. The molecular weight excluding hydrogens is 355 g/mol.